The van der Waals surface area contributed by atoms with Crippen LogP contribution in [0.4, 0.5) is 5.69 Å². The van der Waals surface area contributed by atoms with E-state index in [1.807, 2.05) is 30.3 Å². The van der Waals surface area contributed by atoms with Crippen molar-refractivity contribution < 1.29 is 9.72 Å². The van der Waals surface area contributed by atoms with Gasteiger partial charge in [-0.25, -0.2) is 0 Å². The molecule has 106 valence electrons. The van der Waals surface area contributed by atoms with Gasteiger partial charge in [-0.3, -0.25) is 14.9 Å². The monoisotopic (exact) mass is 282 g/mol. The van der Waals surface area contributed by atoms with Crippen LogP contribution < -0.4 is 5.32 Å². The van der Waals surface area contributed by atoms with Crippen molar-refractivity contribution in [1.82, 2.24) is 5.32 Å². The first kappa shape index (κ1) is 14.5. The van der Waals surface area contributed by atoms with E-state index in [1.54, 1.807) is 13.1 Å². The lowest BCUT2D eigenvalue weighted by Crippen LogP contribution is -2.16. The highest BCUT2D eigenvalue weighted by Crippen LogP contribution is 2.15. The molecule has 0 saturated carbocycles. The third-order valence-corrected chi connectivity index (χ3v) is 2.96. The van der Waals surface area contributed by atoms with Crippen molar-refractivity contribution in [3.05, 3.63) is 81.5 Å². The first-order valence-electron chi connectivity index (χ1n) is 6.35. The number of carbonyl (C=O) groups is 1. The van der Waals surface area contributed by atoms with E-state index in [1.165, 1.54) is 24.3 Å². The number of ketones is 1. The van der Waals surface area contributed by atoms with Crippen molar-refractivity contribution >= 4 is 17.5 Å². The molecule has 0 aliphatic rings. The molecule has 0 aromatic heterocycles. The number of hydrogen-bond acceptors (Lipinski definition) is 4. The zero-order valence-electron chi connectivity index (χ0n) is 11.4. The Labute approximate surface area is 122 Å². The van der Waals surface area contributed by atoms with Gasteiger partial charge in [0.2, 0.25) is 5.78 Å². The Balaban J connectivity index is 2.28. The molecule has 1 N–H and O–H groups in total. The molecule has 5 heteroatoms. The van der Waals surface area contributed by atoms with Crippen molar-refractivity contribution in [2.24, 2.45) is 0 Å². The predicted octanol–water partition coefficient (Wildman–Crippen LogP) is 3.04. The Morgan fingerprint density at radius 2 is 1.71 bits per heavy atom. The second-order valence-electron chi connectivity index (χ2n) is 4.35. The minimum atomic E-state index is -0.493. The average molecular weight is 282 g/mol. The largest absolute Gasteiger partial charge is 0.385 e. The summed E-state index contributed by atoms with van der Waals surface area (Å²) in [5, 5.41) is 13.5. The molecule has 0 radical (unpaired) electrons. The van der Waals surface area contributed by atoms with Gasteiger partial charge in [0.1, 0.15) is 0 Å². The van der Waals surface area contributed by atoms with Gasteiger partial charge in [0, 0.05) is 24.7 Å². The van der Waals surface area contributed by atoms with Crippen LogP contribution in [0.25, 0.3) is 6.08 Å². The van der Waals surface area contributed by atoms with Crippen LogP contribution in [0.3, 0.4) is 0 Å². The Morgan fingerprint density at radius 1 is 1.10 bits per heavy atom. The van der Waals surface area contributed by atoms with Gasteiger partial charge in [-0.15, -0.1) is 0 Å². The van der Waals surface area contributed by atoms with E-state index in [4.69, 9.17) is 0 Å². The standard InChI is InChI=1S/C16H14N2O3/c1-17-15(11-12-5-3-2-4-6-12)16(19)13-7-9-14(10-8-13)18(20)21/h2-11,17H,1H3. The van der Waals surface area contributed by atoms with Gasteiger partial charge in [-0.2, -0.15) is 0 Å². The normalized spacial score (nSPS) is 11.0. The number of carbonyl (C=O) groups excluding carboxylic acids is 1. The van der Waals surface area contributed by atoms with Crippen LogP contribution >= 0.6 is 0 Å². The molecule has 2 rings (SSSR count). The van der Waals surface area contributed by atoms with Crippen LogP contribution in [-0.2, 0) is 0 Å². The number of nitrogens with zero attached hydrogens (tertiary/aromatic N) is 1. The lowest BCUT2D eigenvalue weighted by Gasteiger charge is -2.06. The predicted molar refractivity (Wildman–Crippen MR) is 80.9 cm³/mol. The quantitative estimate of drug-likeness (QED) is 0.396. The van der Waals surface area contributed by atoms with Crippen LogP contribution in [0.5, 0.6) is 0 Å². The van der Waals surface area contributed by atoms with E-state index in [2.05, 4.69) is 5.32 Å². The van der Waals surface area contributed by atoms with Gasteiger partial charge >= 0.3 is 0 Å². The zero-order chi connectivity index (χ0) is 15.2. The van der Waals surface area contributed by atoms with E-state index in [0.29, 0.717) is 11.3 Å². The van der Waals surface area contributed by atoms with Gasteiger partial charge in [0.25, 0.3) is 5.69 Å². The summed E-state index contributed by atoms with van der Waals surface area (Å²) in [6.07, 6.45) is 1.74. The molecule has 2 aromatic rings. The zero-order valence-corrected chi connectivity index (χ0v) is 11.4. The summed E-state index contributed by atoms with van der Waals surface area (Å²) in [5.74, 6) is -0.212. The number of benzene rings is 2. The topological polar surface area (TPSA) is 72.2 Å². The van der Waals surface area contributed by atoms with Gasteiger partial charge in [-0.1, -0.05) is 30.3 Å². The number of nitro groups is 1. The van der Waals surface area contributed by atoms with Crippen LogP contribution in [0.1, 0.15) is 15.9 Å². The molecule has 0 amide bonds. The number of hydrogen-bond donors (Lipinski definition) is 1. The van der Waals surface area contributed by atoms with E-state index in [0.717, 1.165) is 5.56 Å². The Kier molecular flexibility index (Phi) is 4.46. The average Bonchev–Trinajstić information content (AvgIpc) is 2.53. The molecular formula is C16H14N2O3. The molecule has 5 nitrogen and oxygen atoms in total. The van der Waals surface area contributed by atoms with Crippen molar-refractivity contribution in [3.63, 3.8) is 0 Å². The first-order valence-corrected chi connectivity index (χ1v) is 6.35. The number of non-ortho nitro benzene ring substituents is 1. The van der Waals surface area contributed by atoms with E-state index < -0.39 is 4.92 Å². The number of Topliss-reactive ketones (excluding diaryl/α,β-unsaturated/α-hetero) is 1. The molecule has 0 unspecified atom stereocenters. The number of nitrogens with one attached hydrogen (secondary N) is 1. The summed E-state index contributed by atoms with van der Waals surface area (Å²) in [6.45, 7) is 0. The van der Waals surface area contributed by atoms with Crippen LogP contribution in [0.2, 0.25) is 0 Å². The second-order valence-corrected chi connectivity index (χ2v) is 4.35. The number of nitro benzene ring substituents is 1. The second kappa shape index (κ2) is 6.47. The third-order valence-electron chi connectivity index (χ3n) is 2.96. The minimum Gasteiger partial charge on any atom is -0.385 e. The maximum Gasteiger partial charge on any atom is 0.269 e. The molecular weight excluding hydrogens is 268 g/mol. The highest BCUT2D eigenvalue weighted by Gasteiger charge is 2.13. The van der Waals surface area contributed by atoms with E-state index >= 15 is 0 Å². The molecule has 2 aromatic carbocycles. The lowest BCUT2D eigenvalue weighted by atomic mass is 10.1. The molecule has 0 saturated heterocycles. The molecule has 0 spiro atoms. The highest BCUT2D eigenvalue weighted by atomic mass is 16.6. The van der Waals surface area contributed by atoms with Crippen LogP contribution in [-0.4, -0.2) is 17.8 Å². The fourth-order valence-corrected chi connectivity index (χ4v) is 1.86. The summed E-state index contributed by atoms with van der Waals surface area (Å²) in [5.41, 5.74) is 1.69. The summed E-state index contributed by atoms with van der Waals surface area (Å²) in [6, 6.07) is 15.0. The van der Waals surface area contributed by atoms with Gasteiger partial charge in [-0.05, 0) is 23.8 Å². The van der Waals surface area contributed by atoms with Crippen molar-refractivity contribution in [3.8, 4) is 0 Å². The van der Waals surface area contributed by atoms with Gasteiger partial charge in [0.05, 0.1) is 10.6 Å². The van der Waals surface area contributed by atoms with Gasteiger partial charge < -0.3 is 5.32 Å². The van der Waals surface area contributed by atoms with Crippen molar-refractivity contribution in [1.29, 1.82) is 0 Å². The van der Waals surface area contributed by atoms with E-state index in [-0.39, 0.29) is 11.5 Å². The Morgan fingerprint density at radius 3 is 2.24 bits per heavy atom. The molecule has 21 heavy (non-hydrogen) atoms. The minimum absolute atomic E-state index is 0.0374. The number of allylic oxidation sites excluding steroid dienone is 1. The molecule has 0 aliphatic carbocycles. The van der Waals surface area contributed by atoms with Crippen LogP contribution in [0, 0.1) is 10.1 Å². The Bertz CT molecular complexity index is 676. The van der Waals surface area contributed by atoms with E-state index in [9.17, 15) is 14.9 Å². The highest BCUT2D eigenvalue weighted by molar-refractivity contribution is 6.10. The SMILES string of the molecule is CNC(=Cc1ccccc1)C(=O)c1ccc([N+](=O)[O-])cc1. The maximum atomic E-state index is 12.4. The Hall–Kier alpha value is -2.95. The van der Waals surface area contributed by atoms with Crippen LogP contribution in [0.15, 0.2) is 60.3 Å². The molecule has 0 heterocycles. The maximum absolute atomic E-state index is 12.4. The molecule has 0 aliphatic heterocycles. The van der Waals surface area contributed by atoms with Crippen molar-refractivity contribution in [2.75, 3.05) is 7.05 Å². The fraction of sp³-hybridized carbons (Fsp3) is 0.0625. The smallest absolute Gasteiger partial charge is 0.269 e. The number of likely N-dealkylation sites (N-methyl/N-ethyl adjacent to an activating group) is 1. The van der Waals surface area contributed by atoms with Gasteiger partial charge in [0.15, 0.2) is 0 Å². The molecule has 0 fully saturated rings. The summed E-state index contributed by atoms with van der Waals surface area (Å²) in [7, 11) is 1.66. The third kappa shape index (κ3) is 3.54. The first-order chi connectivity index (χ1) is 10.1. The number of rotatable bonds is 5. The summed E-state index contributed by atoms with van der Waals surface area (Å²) in [4.78, 5) is 22.5. The summed E-state index contributed by atoms with van der Waals surface area (Å²) >= 11 is 0. The summed E-state index contributed by atoms with van der Waals surface area (Å²) < 4.78 is 0. The molecule has 0 bridgehead atoms. The fourth-order valence-electron chi connectivity index (χ4n) is 1.86. The van der Waals surface area contributed by atoms with Crippen molar-refractivity contribution in [2.45, 2.75) is 0 Å². The lowest BCUT2D eigenvalue weighted by molar-refractivity contribution is -0.384. The molecule has 0 atom stereocenters.